The highest BCUT2D eigenvalue weighted by atomic mass is 32.2. The quantitative estimate of drug-likeness (QED) is 0.875. The predicted octanol–water partition coefficient (Wildman–Crippen LogP) is 0.412. The average Bonchev–Trinajstić information content (AvgIpc) is 2.73. The maximum absolute atomic E-state index is 13.3. The second-order valence-corrected chi connectivity index (χ2v) is 6.17. The fraction of sp³-hybridized carbons (Fsp3) is 0.364. The molecule has 1 saturated heterocycles. The number of halogens is 2. The molecule has 0 spiro atoms. The molecule has 1 aliphatic heterocycles. The first-order valence-electron chi connectivity index (χ1n) is 5.53. The lowest BCUT2D eigenvalue weighted by molar-refractivity contribution is -0.121. The second-order valence-electron chi connectivity index (χ2n) is 4.28. The highest BCUT2D eigenvalue weighted by Crippen LogP contribution is 2.27. The van der Waals surface area contributed by atoms with Crippen molar-refractivity contribution >= 4 is 15.9 Å². The van der Waals surface area contributed by atoms with Crippen LogP contribution in [0.4, 0.5) is 8.78 Å². The normalized spacial score (nSPS) is 24.5. The minimum Gasteiger partial charge on any atom is -0.368 e. The van der Waals surface area contributed by atoms with E-state index in [1.54, 1.807) is 0 Å². The van der Waals surface area contributed by atoms with E-state index in [1.807, 2.05) is 0 Å². The molecule has 1 aromatic carbocycles. The monoisotopic (exact) mass is 290 g/mol. The van der Waals surface area contributed by atoms with Crippen LogP contribution in [0, 0.1) is 5.82 Å². The number of nitrogens with two attached hydrogens (primary N) is 1. The summed E-state index contributed by atoms with van der Waals surface area (Å²) in [5.41, 5.74) is 5.08. The highest BCUT2D eigenvalue weighted by Gasteiger charge is 2.43. The minimum absolute atomic E-state index is 0.200. The van der Waals surface area contributed by atoms with E-state index in [0.717, 1.165) is 28.6 Å². The molecular formula is C11H12F2N2O3S. The molecule has 0 unspecified atom stereocenters. The Labute approximate surface area is 109 Å². The molecule has 1 heterocycles. The third kappa shape index (κ3) is 2.59. The summed E-state index contributed by atoms with van der Waals surface area (Å²) in [6.07, 6.45) is -1.69. The molecule has 19 heavy (non-hydrogen) atoms. The molecular weight excluding hydrogens is 278 g/mol. The van der Waals surface area contributed by atoms with Crippen molar-refractivity contribution in [1.82, 2.24) is 4.31 Å². The molecule has 0 aliphatic carbocycles. The number of nitrogens with zero attached hydrogens (tertiary/aromatic N) is 1. The predicted molar refractivity (Wildman–Crippen MR) is 62.8 cm³/mol. The van der Waals surface area contributed by atoms with Crippen LogP contribution in [0.25, 0.3) is 0 Å². The lowest BCUT2D eigenvalue weighted by Gasteiger charge is -2.21. The van der Waals surface area contributed by atoms with Crippen molar-refractivity contribution in [3.8, 4) is 0 Å². The minimum atomic E-state index is -4.06. The number of carbonyl (C=O) groups is 1. The van der Waals surface area contributed by atoms with Gasteiger partial charge in [-0.25, -0.2) is 17.2 Å². The lowest BCUT2D eigenvalue weighted by atomic mass is 10.2. The van der Waals surface area contributed by atoms with Gasteiger partial charge in [0, 0.05) is 13.0 Å². The number of sulfonamides is 1. The SMILES string of the molecule is NC(=O)[C@@H]1C[C@@H](F)CN1S(=O)(=O)c1ccc(F)cc1. The Balaban J connectivity index is 2.38. The van der Waals surface area contributed by atoms with Gasteiger partial charge in [0.15, 0.2) is 0 Å². The summed E-state index contributed by atoms with van der Waals surface area (Å²) in [6, 6.07) is 2.89. The van der Waals surface area contributed by atoms with Gasteiger partial charge in [-0.1, -0.05) is 0 Å². The van der Waals surface area contributed by atoms with Gasteiger partial charge in [0.05, 0.1) is 4.90 Å². The number of carbonyl (C=O) groups excluding carboxylic acids is 1. The Morgan fingerprint density at radius 2 is 1.89 bits per heavy atom. The Hall–Kier alpha value is -1.54. The van der Waals surface area contributed by atoms with Crippen LogP contribution in [0.3, 0.4) is 0 Å². The topological polar surface area (TPSA) is 80.5 Å². The first-order valence-corrected chi connectivity index (χ1v) is 6.97. The summed E-state index contributed by atoms with van der Waals surface area (Å²) in [5, 5.41) is 0. The van der Waals surface area contributed by atoms with Crippen LogP contribution in [0.15, 0.2) is 29.2 Å². The molecule has 2 N–H and O–H groups in total. The zero-order valence-corrected chi connectivity index (χ0v) is 10.6. The summed E-state index contributed by atoms with van der Waals surface area (Å²) in [7, 11) is -4.06. The summed E-state index contributed by atoms with van der Waals surface area (Å²) in [5.74, 6) is -1.49. The smallest absolute Gasteiger partial charge is 0.243 e. The first-order chi connectivity index (χ1) is 8.82. The van der Waals surface area contributed by atoms with E-state index in [1.165, 1.54) is 0 Å². The Kier molecular flexibility index (Phi) is 3.55. The summed E-state index contributed by atoms with van der Waals surface area (Å²) >= 11 is 0. The van der Waals surface area contributed by atoms with E-state index in [4.69, 9.17) is 5.73 Å². The van der Waals surface area contributed by atoms with Crippen LogP contribution in [0.5, 0.6) is 0 Å². The fourth-order valence-electron chi connectivity index (χ4n) is 2.02. The van der Waals surface area contributed by atoms with Gasteiger partial charge in [-0.15, -0.1) is 0 Å². The van der Waals surface area contributed by atoms with Gasteiger partial charge < -0.3 is 5.73 Å². The molecule has 2 rings (SSSR count). The maximum Gasteiger partial charge on any atom is 0.243 e. The third-order valence-corrected chi connectivity index (χ3v) is 4.84. The number of amides is 1. The average molecular weight is 290 g/mol. The molecule has 1 amide bonds. The van der Waals surface area contributed by atoms with E-state index >= 15 is 0 Å². The molecule has 0 radical (unpaired) electrons. The highest BCUT2D eigenvalue weighted by molar-refractivity contribution is 7.89. The maximum atomic E-state index is 13.3. The molecule has 8 heteroatoms. The molecule has 104 valence electrons. The van der Waals surface area contributed by atoms with Crippen molar-refractivity contribution < 1.29 is 22.0 Å². The Morgan fingerprint density at radius 3 is 2.42 bits per heavy atom. The van der Waals surface area contributed by atoms with Crippen LogP contribution in [0.2, 0.25) is 0 Å². The number of hydrogen-bond donors (Lipinski definition) is 1. The van der Waals surface area contributed by atoms with Gasteiger partial charge in [-0.05, 0) is 24.3 Å². The molecule has 2 atom stereocenters. The molecule has 1 aromatic rings. The van der Waals surface area contributed by atoms with Crippen molar-refractivity contribution in [2.24, 2.45) is 5.73 Å². The van der Waals surface area contributed by atoms with Crippen LogP contribution in [-0.4, -0.2) is 37.4 Å². The van der Waals surface area contributed by atoms with Crippen LogP contribution >= 0.6 is 0 Å². The standard InChI is InChI=1S/C11H12F2N2O3S/c12-7-1-3-9(4-2-7)19(17,18)15-6-8(13)5-10(15)11(14)16/h1-4,8,10H,5-6H2,(H2,14,16)/t8-,10+/m1/s1. The Bertz CT molecular complexity index is 588. The molecule has 5 nitrogen and oxygen atoms in total. The summed E-state index contributed by atoms with van der Waals surface area (Å²) in [6.45, 7) is -0.423. The lowest BCUT2D eigenvalue weighted by Crippen LogP contribution is -2.43. The summed E-state index contributed by atoms with van der Waals surface area (Å²) < 4.78 is 51.3. The van der Waals surface area contributed by atoms with E-state index in [2.05, 4.69) is 0 Å². The largest absolute Gasteiger partial charge is 0.368 e. The van der Waals surface area contributed by atoms with E-state index in [9.17, 15) is 22.0 Å². The van der Waals surface area contributed by atoms with Crippen molar-refractivity contribution in [3.05, 3.63) is 30.1 Å². The first kappa shape index (κ1) is 13.9. The third-order valence-electron chi connectivity index (χ3n) is 2.95. The zero-order valence-electron chi connectivity index (χ0n) is 9.79. The van der Waals surface area contributed by atoms with E-state index in [-0.39, 0.29) is 11.3 Å². The van der Waals surface area contributed by atoms with Crippen molar-refractivity contribution in [1.29, 1.82) is 0 Å². The molecule has 1 fully saturated rings. The van der Waals surface area contributed by atoms with Gasteiger partial charge in [0.2, 0.25) is 15.9 Å². The van der Waals surface area contributed by atoms with Crippen LogP contribution in [0.1, 0.15) is 6.42 Å². The van der Waals surface area contributed by atoms with Gasteiger partial charge in [-0.3, -0.25) is 4.79 Å². The zero-order chi connectivity index (χ0) is 14.2. The van der Waals surface area contributed by atoms with Gasteiger partial charge in [0.25, 0.3) is 0 Å². The number of primary amides is 1. The fourth-order valence-corrected chi connectivity index (χ4v) is 3.66. The number of alkyl halides is 1. The van der Waals surface area contributed by atoms with Crippen LogP contribution < -0.4 is 5.73 Å². The Morgan fingerprint density at radius 1 is 1.32 bits per heavy atom. The number of rotatable bonds is 3. The van der Waals surface area contributed by atoms with E-state index < -0.39 is 40.5 Å². The number of benzene rings is 1. The number of hydrogen-bond acceptors (Lipinski definition) is 3. The molecule has 1 aliphatic rings. The molecule has 0 aromatic heterocycles. The second kappa shape index (κ2) is 4.86. The molecule has 0 bridgehead atoms. The van der Waals surface area contributed by atoms with Gasteiger partial charge in [-0.2, -0.15) is 4.31 Å². The van der Waals surface area contributed by atoms with Crippen molar-refractivity contribution in [2.45, 2.75) is 23.5 Å². The van der Waals surface area contributed by atoms with Crippen molar-refractivity contribution in [2.75, 3.05) is 6.54 Å². The van der Waals surface area contributed by atoms with Gasteiger partial charge >= 0.3 is 0 Å². The summed E-state index contributed by atoms with van der Waals surface area (Å²) in [4.78, 5) is 11.0. The van der Waals surface area contributed by atoms with Crippen molar-refractivity contribution in [3.63, 3.8) is 0 Å². The molecule has 0 saturated carbocycles. The van der Waals surface area contributed by atoms with Crippen LogP contribution in [-0.2, 0) is 14.8 Å². The van der Waals surface area contributed by atoms with E-state index in [0.29, 0.717) is 0 Å². The van der Waals surface area contributed by atoms with Gasteiger partial charge in [0.1, 0.15) is 18.0 Å².